The summed E-state index contributed by atoms with van der Waals surface area (Å²) in [7, 11) is 0. The Labute approximate surface area is 139 Å². The zero-order valence-electron chi connectivity index (χ0n) is 14.0. The van der Waals surface area contributed by atoms with E-state index < -0.39 is 38.7 Å². The van der Waals surface area contributed by atoms with Crippen LogP contribution in [0.5, 0.6) is 0 Å². The quantitative estimate of drug-likeness (QED) is 0.539. The molecule has 0 amide bonds. The van der Waals surface area contributed by atoms with Crippen LogP contribution in [-0.2, 0) is 9.53 Å². The molecule has 0 N–H and O–H groups in total. The number of rotatable bonds is 5. The lowest BCUT2D eigenvalue weighted by atomic mass is 9.55. The van der Waals surface area contributed by atoms with E-state index in [9.17, 15) is 25.0 Å². The molecule has 0 spiro atoms. The molecule has 3 fully saturated rings. The zero-order chi connectivity index (χ0) is 17.7. The minimum Gasteiger partial charge on any atom is -0.367 e. The Morgan fingerprint density at radius 1 is 1.29 bits per heavy atom. The van der Waals surface area contributed by atoms with Crippen LogP contribution in [0.2, 0.25) is 0 Å². The van der Waals surface area contributed by atoms with Gasteiger partial charge in [-0.05, 0) is 26.3 Å². The van der Waals surface area contributed by atoms with Crippen LogP contribution in [-0.4, -0.2) is 63.4 Å². The number of nitro groups is 2. The lowest BCUT2D eigenvalue weighted by molar-refractivity contribution is -0.653. The van der Waals surface area contributed by atoms with Gasteiger partial charge in [0.15, 0.2) is 0 Å². The van der Waals surface area contributed by atoms with Gasteiger partial charge >= 0.3 is 5.54 Å². The summed E-state index contributed by atoms with van der Waals surface area (Å²) in [5.41, 5.74) is -3.45. The van der Waals surface area contributed by atoms with Gasteiger partial charge in [0, 0.05) is 16.3 Å². The number of piperidine rings is 1. The van der Waals surface area contributed by atoms with Crippen molar-refractivity contribution in [3.63, 3.8) is 0 Å². The van der Waals surface area contributed by atoms with Gasteiger partial charge in [0.1, 0.15) is 12.0 Å². The summed E-state index contributed by atoms with van der Waals surface area (Å²) in [6.45, 7) is 4.36. The molecule has 0 aromatic heterocycles. The first-order chi connectivity index (χ1) is 11.3. The van der Waals surface area contributed by atoms with Gasteiger partial charge in [0.25, 0.3) is 5.54 Å². The summed E-state index contributed by atoms with van der Waals surface area (Å²) < 4.78 is 5.74. The molecule has 3 aliphatic rings. The molecule has 5 atom stereocenters. The smallest absolute Gasteiger partial charge is 0.301 e. The van der Waals surface area contributed by atoms with Crippen molar-refractivity contribution in [1.82, 2.24) is 4.90 Å². The highest BCUT2D eigenvalue weighted by Gasteiger charge is 2.80. The Bertz CT molecular complexity index is 584. The van der Waals surface area contributed by atoms with E-state index in [4.69, 9.17) is 4.74 Å². The second-order valence-corrected chi connectivity index (χ2v) is 7.34. The summed E-state index contributed by atoms with van der Waals surface area (Å²) in [6.07, 6.45) is 0.384. The molecule has 1 saturated carbocycles. The number of nitrogens with zero attached hydrogens (tertiary/aromatic N) is 3. The summed E-state index contributed by atoms with van der Waals surface area (Å²) in [5.74, 6) is -1.43. The molecular formula is C15H23N3O6. The lowest BCUT2D eigenvalue weighted by Crippen LogP contribution is -2.82. The molecule has 3 rings (SSSR count). The number of carbonyl (C=O) groups excluding carboxylic acids is 1. The molecule has 4 bridgehead atoms. The molecule has 0 radical (unpaired) electrons. The maximum Gasteiger partial charge on any atom is 0.301 e. The second kappa shape index (κ2) is 5.73. The van der Waals surface area contributed by atoms with Gasteiger partial charge in [0.05, 0.1) is 19.2 Å². The van der Waals surface area contributed by atoms with Crippen LogP contribution in [0, 0.1) is 26.1 Å². The zero-order valence-corrected chi connectivity index (χ0v) is 14.0. The molecule has 9 nitrogen and oxygen atoms in total. The van der Waals surface area contributed by atoms with Gasteiger partial charge in [-0.2, -0.15) is 0 Å². The minimum atomic E-state index is -1.88. The Morgan fingerprint density at radius 2 is 2.00 bits per heavy atom. The molecule has 0 aromatic rings. The summed E-state index contributed by atoms with van der Waals surface area (Å²) in [4.78, 5) is 37.5. The fourth-order valence-corrected chi connectivity index (χ4v) is 4.88. The maximum atomic E-state index is 12.7. The molecule has 0 aromatic carbocycles. The predicted octanol–water partition coefficient (Wildman–Crippen LogP) is 0.899. The third-order valence-electron chi connectivity index (χ3n) is 5.99. The molecule has 24 heavy (non-hydrogen) atoms. The molecule has 134 valence electrons. The predicted molar refractivity (Wildman–Crippen MR) is 82.9 cm³/mol. The van der Waals surface area contributed by atoms with Gasteiger partial charge < -0.3 is 4.74 Å². The maximum absolute atomic E-state index is 12.7. The average molecular weight is 341 g/mol. The molecule has 2 aliphatic heterocycles. The number of Topliss-reactive ketones (excluding diaryl/α,β-unsaturated/α-hetero) is 1. The normalized spacial score (nSPS) is 41.9. The van der Waals surface area contributed by atoms with Crippen molar-refractivity contribution < 1.29 is 19.4 Å². The van der Waals surface area contributed by atoms with Crippen LogP contribution in [0.4, 0.5) is 0 Å². The Hall–Kier alpha value is -1.61. The number of ketones is 1. The van der Waals surface area contributed by atoms with Gasteiger partial charge in [0.2, 0.25) is 5.78 Å². The fourth-order valence-electron chi connectivity index (χ4n) is 4.88. The monoisotopic (exact) mass is 341 g/mol. The topological polar surface area (TPSA) is 116 Å². The van der Waals surface area contributed by atoms with Crippen molar-refractivity contribution >= 4 is 5.78 Å². The largest absolute Gasteiger partial charge is 0.367 e. The van der Waals surface area contributed by atoms with Crippen molar-refractivity contribution in [3.8, 4) is 0 Å². The summed E-state index contributed by atoms with van der Waals surface area (Å²) in [6, 6.07) is 0. The standard InChI is InChI=1S/C15H23N3O6/c1-3-4-5-16-8-14(17(20)21)11-6-10(2)24-13(7-12(14)19)15(11,9-16)18(22)23/h10-11,13H,3-9H2,1-2H3/t10-,11+,13+,14-,15-/m0/s1. The van der Waals surface area contributed by atoms with Crippen LogP contribution in [0.1, 0.15) is 39.5 Å². The van der Waals surface area contributed by atoms with Crippen molar-refractivity contribution in [2.45, 2.75) is 62.8 Å². The van der Waals surface area contributed by atoms with Gasteiger partial charge in [-0.15, -0.1) is 0 Å². The molecule has 1 aliphatic carbocycles. The van der Waals surface area contributed by atoms with Crippen molar-refractivity contribution in [3.05, 3.63) is 20.2 Å². The average Bonchev–Trinajstić information content (AvgIpc) is 2.50. The molecule has 2 saturated heterocycles. The van der Waals surface area contributed by atoms with E-state index in [-0.39, 0.29) is 32.0 Å². The highest BCUT2D eigenvalue weighted by atomic mass is 16.6. The first-order valence-corrected chi connectivity index (χ1v) is 8.49. The van der Waals surface area contributed by atoms with Crippen LogP contribution in [0.25, 0.3) is 0 Å². The van der Waals surface area contributed by atoms with E-state index in [1.807, 2.05) is 6.92 Å². The third kappa shape index (κ3) is 2.10. The van der Waals surface area contributed by atoms with E-state index in [0.29, 0.717) is 6.54 Å². The van der Waals surface area contributed by atoms with E-state index in [1.165, 1.54) is 0 Å². The van der Waals surface area contributed by atoms with Crippen molar-refractivity contribution in [2.75, 3.05) is 19.6 Å². The Morgan fingerprint density at radius 3 is 2.58 bits per heavy atom. The van der Waals surface area contributed by atoms with E-state index in [1.54, 1.807) is 11.8 Å². The number of likely N-dealkylation sites (tertiary alicyclic amines) is 1. The van der Waals surface area contributed by atoms with Crippen LogP contribution in [0.3, 0.4) is 0 Å². The number of unbranched alkanes of at least 4 members (excludes halogenated alkanes) is 1. The van der Waals surface area contributed by atoms with Crippen molar-refractivity contribution in [1.29, 1.82) is 0 Å². The number of ether oxygens (including phenoxy) is 1. The van der Waals surface area contributed by atoms with Crippen molar-refractivity contribution in [2.24, 2.45) is 5.92 Å². The molecule has 0 unspecified atom stereocenters. The van der Waals surface area contributed by atoms with Gasteiger partial charge in [-0.1, -0.05) is 13.3 Å². The van der Waals surface area contributed by atoms with Crippen LogP contribution >= 0.6 is 0 Å². The number of hydrogen-bond acceptors (Lipinski definition) is 7. The van der Waals surface area contributed by atoms with Crippen LogP contribution < -0.4 is 0 Å². The summed E-state index contributed by atoms with van der Waals surface area (Å²) >= 11 is 0. The van der Waals surface area contributed by atoms with Crippen LogP contribution in [0.15, 0.2) is 0 Å². The molecular weight excluding hydrogens is 318 g/mol. The summed E-state index contributed by atoms with van der Waals surface area (Å²) in [5, 5.41) is 24.0. The molecule has 2 heterocycles. The molecule has 9 heteroatoms. The van der Waals surface area contributed by atoms with E-state index in [2.05, 4.69) is 0 Å². The second-order valence-electron chi connectivity index (χ2n) is 7.34. The van der Waals surface area contributed by atoms with E-state index >= 15 is 0 Å². The Kier molecular flexibility index (Phi) is 4.11. The fraction of sp³-hybridized carbons (Fsp3) is 0.933. The lowest BCUT2D eigenvalue weighted by Gasteiger charge is -2.56. The minimum absolute atomic E-state index is 0.0292. The highest BCUT2D eigenvalue weighted by molar-refractivity contribution is 5.90. The first kappa shape index (κ1) is 17.2. The number of hydrogen-bond donors (Lipinski definition) is 0. The number of carbonyl (C=O) groups is 1. The first-order valence-electron chi connectivity index (χ1n) is 8.49. The third-order valence-corrected chi connectivity index (χ3v) is 5.99. The highest BCUT2D eigenvalue weighted by Crippen LogP contribution is 2.53. The van der Waals surface area contributed by atoms with Gasteiger partial charge in [-0.3, -0.25) is 29.9 Å². The SMILES string of the molecule is CCCCN1C[C@@]2([N+](=O)[O-])[C@H]3CC(=O)[C@]([N+](=O)[O-])(C1)[C@H]2C[C@H](C)O3. The van der Waals surface area contributed by atoms with E-state index in [0.717, 1.165) is 12.8 Å². The van der Waals surface area contributed by atoms with Gasteiger partial charge in [-0.25, -0.2) is 0 Å². The Balaban J connectivity index is 2.12.